The lowest BCUT2D eigenvalue weighted by atomic mass is 10.0. The molecule has 198 valence electrons. The minimum Gasteiger partial charge on any atom is -0.493 e. The number of hydrazone groups is 1. The van der Waals surface area contributed by atoms with Crippen LogP contribution in [0.4, 0.5) is 5.69 Å². The van der Waals surface area contributed by atoms with Gasteiger partial charge in [0, 0.05) is 23.7 Å². The Morgan fingerprint density at radius 3 is 2.44 bits per heavy atom. The van der Waals surface area contributed by atoms with Crippen molar-refractivity contribution in [1.29, 1.82) is 0 Å². The summed E-state index contributed by atoms with van der Waals surface area (Å²) in [4.78, 5) is 17.0. The summed E-state index contributed by atoms with van der Waals surface area (Å²) in [5.74, 6) is 1.78. The molecule has 0 spiro atoms. The third kappa shape index (κ3) is 5.48. The van der Waals surface area contributed by atoms with Crippen LogP contribution in [0.3, 0.4) is 0 Å². The number of carbonyl (C=O) groups is 1. The summed E-state index contributed by atoms with van der Waals surface area (Å²) >= 11 is 1.25. The fraction of sp³-hybridized carbons (Fsp3) is 0.179. The number of methoxy groups -OCH3 is 3. The van der Waals surface area contributed by atoms with Crippen LogP contribution in [0, 0.1) is 0 Å². The molecule has 0 radical (unpaired) electrons. The van der Waals surface area contributed by atoms with Crippen LogP contribution >= 0.6 is 11.8 Å². The van der Waals surface area contributed by atoms with E-state index in [1.54, 1.807) is 27.5 Å². The highest BCUT2D eigenvalue weighted by atomic mass is 32.2. The second-order valence-corrected chi connectivity index (χ2v) is 9.30. The Balaban J connectivity index is 1.36. The molecule has 1 aliphatic heterocycles. The Hall–Kier alpha value is -4.64. The number of hydrogen-bond acceptors (Lipinski definition) is 9. The lowest BCUT2D eigenvalue weighted by Crippen LogP contribution is -2.20. The number of benzene rings is 3. The number of thioether (sulfide) groups is 1. The van der Waals surface area contributed by atoms with E-state index in [2.05, 4.69) is 25.7 Å². The monoisotopic (exact) mass is 542 g/mol. The highest BCUT2D eigenvalue weighted by Crippen LogP contribution is 2.41. The summed E-state index contributed by atoms with van der Waals surface area (Å²) in [6.45, 7) is 0. The number of nitrogens with one attached hydrogen (secondary N) is 1. The maximum atomic E-state index is 12.6. The van der Waals surface area contributed by atoms with E-state index in [0.717, 1.165) is 16.9 Å². The van der Waals surface area contributed by atoms with Gasteiger partial charge in [-0.2, -0.15) is 5.10 Å². The Bertz CT molecular complexity index is 1510. The standard InChI is InChI=1S/C28H26N6O4S/c1-36-23-13-18(14-24(37-2)26(23)38-3)27-32-33-28(34(27)20-9-5-4-6-10-20)39-17-25(35)31-30-16-19-15-29-22-12-8-7-11-21(19)22/h4-16,19H,17H2,1-3H3,(H,31,35)/b30-16+. The van der Waals surface area contributed by atoms with Crippen LogP contribution in [-0.2, 0) is 4.79 Å². The van der Waals surface area contributed by atoms with Crippen LogP contribution in [0.25, 0.3) is 17.1 Å². The predicted octanol–water partition coefficient (Wildman–Crippen LogP) is 4.65. The first-order chi connectivity index (χ1) is 19.1. The van der Waals surface area contributed by atoms with Crippen LogP contribution in [0.2, 0.25) is 0 Å². The Morgan fingerprint density at radius 2 is 1.72 bits per heavy atom. The van der Waals surface area contributed by atoms with E-state index in [1.165, 1.54) is 11.8 Å². The second kappa shape index (κ2) is 11.8. The molecule has 4 aromatic rings. The number of ether oxygens (including phenoxy) is 3. The number of hydrogen-bond donors (Lipinski definition) is 1. The van der Waals surface area contributed by atoms with Gasteiger partial charge in [0.2, 0.25) is 5.75 Å². The molecule has 1 unspecified atom stereocenters. The van der Waals surface area contributed by atoms with Crippen LogP contribution in [-0.4, -0.2) is 60.2 Å². The first kappa shape index (κ1) is 26.0. The summed E-state index contributed by atoms with van der Waals surface area (Å²) in [5.41, 5.74) is 6.11. The molecule has 0 saturated carbocycles. The fourth-order valence-electron chi connectivity index (χ4n) is 4.17. The van der Waals surface area contributed by atoms with Crippen molar-refractivity contribution in [2.45, 2.75) is 11.1 Å². The normalized spacial score (nSPS) is 13.9. The van der Waals surface area contributed by atoms with Crippen molar-refractivity contribution >= 4 is 35.8 Å². The van der Waals surface area contributed by atoms with E-state index in [4.69, 9.17) is 14.2 Å². The van der Waals surface area contributed by atoms with Gasteiger partial charge in [-0.05, 0) is 35.9 Å². The highest BCUT2D eigenvalue weighted by Gasteiger charge is 2.21. The molecule has 1 aliphatic rings. The Labute approximate surface area is 229 Å². The minimum absolute atomic E-state index is 0.0728. The van der Waals surface area contributed by atoms with Crippen molar-refractivity contribution in [2.75, 3.05) is 27.1 Å². The summed E-state index contributed by atoms with van der Waals surface area (Å²) in [6.07, 6.45) is 3.48. The third-order valence-corrected chi connectivity index (χ3v) is 6.93. The van der Waals surface area contributed by atoms with E-state index in [9.17, 15) is 4.79 Å². The first-order valence-corrected chi connectivity index (χ1v) is 13.0. The molecular weight excluding hydrogens is 516 g/mol. The van der Waals surface area contributed by atoms with E-state index >= 15 is 0 Å². The number of nitrogens with zero attached hydrogens (tertiary/aromatic N) is 5. The van der Waals surface area contributed by atoms with Gasteiger partial charge < -0.3 is 14.2 Å². The predicted molar refractivity (Wildman–Crippen MR) is 151 cm³/mol. The Kier molecular flexibility index (Phi) is 7.88. The van der Waals surface area contributed by atoms with Gasteiger partial charge in [0.15, 0.2) is 22.5 Å². The molecule has 5 rings (SSSR count). The first-order valence-electron chi connectivity index (χ1n) is 12.0. The summed E-state index contributed by atoms with van der Waals surface area (Å²) < 4.78 is 18.4. The lowest BCUT2D eigenvalue weighted by molar-refractivity contribution is -0.118. The molecule has 1 atom stereocenters. The topological polar surface area (TPSA) is 112 Å². The van der Waals surface area contributed by atoms with Crippen LogP contribution < -0.4 is 19.6 Å². The van der Waals surface area contributed by atoms with Crippen molar-refractivity contribution < 1.29 is 19.0 Å². The van der Waals surface area contributed by atoms with Crippen LogP contribution in [0.15, 0.2) is 82.0 Å². The molecule has 10 nitrogen and oxygen atoms in total. The van der Waals surface area contributed by atoms with E-state index in [-0.39, 0.29) is 17.6 Å². The average Bonchev–Trinajstić information content (AvgIpc) is 3.60. The highest BCUT2D eigenvalue weighted by molar-refractivity contribution is 7.99. The number of para-hydroxylation sites is 2. The number of aliphatic imine (C=N–C) groups is 1. The molecule has 39 heavy (non-hydrogen) atoms. The molecule has 0 bridgehead atoms. The van der Waals surface area contributed by atoms with E-state index in [0.29, 0.717) is 33.8 Å². The SMILES string of the molecule is COc1cc(-c2nnc(SCC(=O)N/N=C/C3C=Nc4ccccc43)n2-c2ccccc2)cc(OC)c1OC. The third-order valence-electron chi connectivity index (χ3n) is 6.00. The molecule has 2 heterocycles. The molecule has 1 N–H and O–H groups in total. The number of rotatable bonds is 10. The molecule has 0 fully saturated rings. The van der Waals surface area contributed by atoms with Crippen molar-refractivity contribution in [3.05, 3.63) is 72.3 Å². The lowest BCUT2D eigenvalue weighted by Gasteiger charge is -2.15. The molecular formula is C28H26N6O4S. The molecule has 0 saturated heterocycles. The molecule has 1 amide bonds. The summed E-state index contributed by atoms with van der Waals surface area (Å²) in [5, 5.41) is 13.5. The van der Waals surface area contributed by atoms with Crippen LogP contribution in [0.1, 0.15) is 11.5 Å². The average molecular weight is 543 g/mol. The minimum atomic E-state index is -0.267. The zero-order valence-electron chi connectivity index (χ0n) is 21.6. The van der Waals surface area contributed by atoms with E-state index in [1.807, 2.05) is 77.5 Å². The molecule has 3 aromatic carbocycles. The van der Waals surface area contributed by atoms with Crippen molar-refractivity contribution in [1.82, 2.24) is 20.2 Å². The van der Waals surface area contributed by atoms with Gasteiger partial charge in [-0.15, -0.1) is 10.2 Å². The molecule has 0 aliphatic carbocycles. The molecule has 11 heteroatoms. The van der Waals surface area contributed by atoms with Crippen molar-refractivity contribution in [3.63, 3.8) is 0 Å². The van der Waals surface area contributed by atoms with Gasteiger partial charge in [-0.1, -0.05) is 48.2 Å². The van der Waals surface area contributed by atoms with Gasteiger partial charge in [0.1, 0.15) is 0 Å². The fourth-order valence-corrected chi connectivity index (χ4v) is 4.91. The van der Waals surface area contributed by atoms with Gasteiger partial charge in [-0.25, -0.2) is 5.43 Å². The van der Waals surface area contributed by atoms with Gasteiger partial charge in [-0.3, -0.25) is 14.4 Å². The van der Waals surface area contributed by atoms with E-state index < -0.39 is 0 Å². The van der Waals surface area contributed by atoms with Gasteiger partial charge in [0.05, 0.1) is 38.7 Å². The maximum absolute atomic E-state index is 12.6. The van der Waals surface area contributed by atoms with Gasteiger partial charge >= 0.3 is 0 Å². The number of amides is 1. The Morgan fingerprint density at radius 1 is 1.00 bits per heavy atom. The number of fused-ring (bicyclic) bond motifs is 1. The van der Waals surface area contributed by atoms with Crippen LogP contribution in [0.5, 0.6) is 17.2 Å². The molecule has 1 aromatic heterocycles. The smallest absolute Gasteiger partial charge is 0.250 e. The zero-order chi connectivity index (χ0) is 27.2. The number of aromatic nitrogens is 3. The maximum Gasteiger partial charge on any atom is 0.250 e. The zero-order valence-corrected chi connectivity index (χ0v) is 22.4. The summed E-state index contributed by atoms with van der Waals surface area (Å²) in [6, 6.07) is 21.1. The van der Waals surface area contributed by atoms with Crippen molar-refractivity contribution in [2.24, 2.45) is 10.1 Å². The van der Waals surface area contributed by atoms with Crippen molar-refractivity contribution in [3.8, 4) is 34.3 Å². The second-order valence-electron chi connectivity index (χ2n) is 8.36. The quantitative estimate of drug-likeness (QED) is 0.176. The van der Waals surface area contributed by atoms with Gasteiger partial charge in [0.25, 0.3) is 5.91 Å². The number of carbonyl (C=O) groups excluding carboxylic acids is 1. The summed E-state index contributed by atoms with van der Waals surface area (Å²) in [7, 11) is 4.67. The largest absolute Gasteiger partial charge is 0.493 e.